The van der Waals surface area contributed by atoms with Gasteiger partial charge >= 0.3 is 0 Å². The standard InChI is InChI=1S/C18H21N5O/c1-13-6-9-20-23(13)11-7-17(24)22-10-3-5-16(22)15-12-14-4-2-8-19-18(14)21-15/h2,4,6,8-9,12,16H,3,5,7,10-11H2,1H3,(H,19,21). The Morgan fingerprint density at radius 2 is 2.29 bits per heavy atom. The van der Waals surface area contributed by atoms with Gasteiger partial charge in [-0.15, -0.1) is 0 Å². The minimum atomic E-state index is 0.130. The second-order valence-electron chi connectivity index (χ2n) is 6.36. The van der Waals surface area contributed by atoms with Crippen molar-refractivity contribution in [3.05, 3.63) is 48.0 Å². The summed E-state index contributed by atoms with van der Waals surface area (Å²) in [7, 11) is 0. The lowest BCUT2D eigenvalue weighted by Gasteiger charge is -2.24. The molecule has 4 heterocycles. The predicted molar refractivity (Wildman–Crippen MR) is 91.4 cm³/mol. The summed E-state index contributed by atoms with van der Waals surface area (Å²) in [4.78, 5) is 22.4. The predicted octanol–water partition coefficient (Wildman–Crippen LogP) is 2.82. The van der Waals surface area contributed by atoms with Crippen molar-refractivity contribution in [3.8, 4) is 0 Å². The van der Waals surface area contributed by atoms with Gasteiger partial charge in [0.05, 0.1) is 6.04 Å². The second kappa shape index (κ2) is 6.11. The molecule has 0 radical (unpaired) electrons. The van der Waals surface area contributed by atoms with Crippen LogP contribution in [0.3, 0.4) is 0 Å². The lowest BCUT2D eigenvalue weighted by atomic mass is 10.1. The van der Waals surface area contributed by atoms with E-state index in [0.717, 1.165) is 41.8 Å². The van der Waals surface area contributed by atoms with Crippen LogP contribution < -0.4 is 0 Å². The molecule has 1 aliphatic heterocycles. The maximum atomic E-state index is 12.7. The zero-order valence-corrected chi connectivity index (χ0v) is 13.8. The van der Waals surface area contributed by atoms with Crippen molar-refractivity contribution >= 4 is 16.9 Å². The normalized spacial score (nSPS) is 17.7. The molecule has 0 bridgehead atoms. The molecule has 6 heteroatoms. The van der Waals surface area contributed by atoms with Gasteiger partial charge in [0, 0.05) is 48.7 Å². The zero-order chi connectivity index (χ0) is 16.5. The van der Waals surface area contributed by atoms with Crippen molar-refractivity contribution in [3.63, 3.8) is 0 Å². The molecule has 0 spiro atoms. The van der Waals surface area contributed by atoms with Crippen LogP contribution in [0, 0.1) is 6.92 Å². The smallest absolute Gasteiger partial charge is 0.224 e. The summed E-state index contributed by atoms with van der Waals surface area (Å²) in [6, 6.07) is 8.19. The van der Waals surface area contributed by atoms with E-state index in [0.29, 0.717) is 13.0 Å². The molecular weight excluding hydrogens is 302 g/mol. The quantitative estimate of drug-likeness (QED) is 0.803. The Kier molecular flexibility index (Phi) is 3.80. The van der Waals surface area contributed by atoms with Crippen LogP contribution >= 0.6 is 0 Å². The van der Waals surface area contributed by atoms with Gasteiger partial charge < -0.3 is 9.88 Å². The number of likely N-dealkylation sites (tertiary alicyclic amines) is 1. The lowest BCUT2D eigenvalue weighted by Crippen LogP contribution is -2.31. The van der Waals surface area contributed by atoms with Crippen LogP contribution in [-0.2, 0) is 11.3 Å². The fraction of sp³-hybridized carbons (Fsp3) is 0.389. The van der Waals surface area contributed by atoms with Gasteiger partial charge in [-0.25, -0.2) is 4.98 Å². The molecule has 1 N–H and O–H groups in total. The van der Waals surface area contributed by atoms with Crippen molar-refractivity contribution in [1.29, 1.82) is 0 Å². The Hall–Kier alpha value is -2.63. The van der Waals surface area contributed by atoms with Crippen molar-refractivity contribution in [1.82, 2.24) is 24.6 Å². The first kappa shape index (κ1) is 14.9. The highest BCUT2D eigenvalue weighted by atomic mass is 16.2. The summed E-state index contributed by atoms with van der Waals surface area (Å²) in [5.41, 5.74) is 3.06. The lowest BCUT2D eigenvalue weighted by molar-refractivity contribution is -0.132. The Bertz CT molecular complexity index is 832. The van der Waals surface area contributed by atoms with Crippen LogP contribution in [0.5, 0.6) is 0 Å². The van der Waals surface area contributed by atoms with Gasteiger partial charge in [0.15, 0.2) is 0 Å². The maximum absolute atomic E-state index is 12.7. The number of nitrogens with zero attached hydrogens (tertiary/aromatic N) is 4. The van der Waals surface area contributed by atoms with Gasteiger partial charge in [-0.05, 0) is 44.0 Å². The molecule has 6 nitrogen and oxygen atoms in total. The van der Waals surface area contributed by atoms with Crippen LogP contribution in [0.15, 0.2) is 36.7 Å². The van der Waals surface area contributed by atoms with E-state index in [2.05, 4.69) is 21.1 Å². The van der Waals surface area contributed by atoms with E-state index in [9.17, 15) is 4.79 Å². The van der Waals surface area contributed by atoms with Crippen LogP contribution in [-0.4, -0.2) is 37.1 Å². The van der Waals surface area contributed by atoms with Crippen molar-refractivity contribution in [2.75, 3.05) is 6.54 Å². The molecule has 0 saturated carbocycles. The highest BCUT2D eigenvalue weighted by Gasteiger charge is 2.30. The SMILES string of the molecule is Cc1ccnn1CCC(=O)N1CCCC1c1cc2cccnc2[nH]1. The molecule has 1 fully saturated rings. The van der Waals surface area contributed by atoms with E-state index < -0.39 is 0 Å². The topological polar surface area (TPSA) is 66.8 Å². The molecule has 124 valence electrons. The Morgan fingerprint density at radius 3 is 3.08 bits per heavy atom. The average Bonchev–Trinajstić information content (AvgIpc) is 3.31. The van der Waals surface area contributed by atoms with Gasteiger partial charge in [0.25, 0.3) is 0 Å². The Morgan fingerprint density at radius 1 is 1.38 bits per heavy atom. The molecule has 0 aliphatic carbocycles. The third-order valence-electron chi connectivity index (χ3n) is 4.81. The first-order valence-electron chi connectivity index (χ1n) is 8.44. The number of nitrogens with one attached hydrogen (secondary N) is 1. The minimum Gasteiger partial charge on any atom is -0.341 e. The number of aryl methyl sites for hydroxylation is 2. The number of H-pyrrole nitrogens is 1. The highest BCUT2D eigenvalue weighted by Crippen LogP contribution is 2.33. The number of amides is 1. The van der Waals surface area contributed by atoms with E-state index in [1.807, 2.05) is 34.7 Å². The molecule has 0 aromatic carbocycles. The third-order valence-corrected chi connectivity index (χ3v) is 4.81. The summed E-state index contributed by atoms with van der Waals surface area (Å²) in [5, 5.41) is 5.35. The van der Waals surface area contributed by atoms with Gasteiger partial charge in [0.1, 0.15) is 5.65 Å². The number of hydrogen-bond donors (Lipinski definition) is 1. The zero-order valence-electron chi connectivity index (χ0n) is 13.8. The summed E-state index contributed by atoms with van der Waals surface area (Å²) < 4.78 is 1.88. The minimum absolute atomic E-state index is 0.130. The van der Waals surface area contributed by atoms with Crippen molar-refractivity contribution in [2.24, 2.45) is 0 Å². The van der Waals surface area contributed by atoms with Crippen LogP contribution in [0.4, 0.5) is 0 Å². The second-order valence-corrected chi connectivity index (χ2v) is 6.36. The number of rotatable bonds is 4. The van der Waals surface area contributed by atoms with E-state index in [4.69, 9.17) is 0 Å². The summed E-state index contributed by atoms with van der Waals surface area (Å²) in [6.45, 7) is 3.47. The maximum Gasteiger partial charge on any atom is 0.224 e. The van der Waals surface area contributed by atoms with Crippen molar-refractivity contribution < 1.29 is 4.79 Å². The molecule has 3 aromatic heterocycles. The molecule has 1 saturated heterocycles. The average molecular weight is 323 g/mol. The van der Waals surface area contributed by atoms with Crippen molar-refractivity contribution in [2.45, 2.75) is 38.8 Å². The molecular formula is C18H21N5O. The summed E-state index contributed by atoms with van der Waals surface area (Å²) in [5.74, 6) is 0.194. The highest BCUT2D eigenvalue weighted by molar-refractivity contribution is 5.79. The van der Waals surface area contributed by atoms with Gasteiger partial charge in [-0.2, -0.15) is 5.10 Å². The monoisotopic (exact) mass is 323 g/mol. The first-order valence-corrected chi connectivity index (χ1v) is 8.44. The Balaban J connectivity index is 1.49. The molecule has 1 atom stereocenters. The molecule has 4 rings (SSSR count). The number of carbonyl (C=O) groups excluding carboxylic acids is 1. The summed E-state index contributed by atoms with van der Waals surface area (Å²) >= 11 is 0. The number of aromatic nitrogens is 4. The number of hydrogen-bond acceptors (Lipinski definition) is 3. The molecule has 1 amide bonds. The van der Waals surface area contributed by atoms with E-state index >= 15 is 0 Å². The Labute approximate surface area is 140 Å². The van der Waals surface area contributed by atoms with Gasteiger partial charge in [-0.3, -0.25) is 9.48 Å². The van der Waals surface area contributed by atoms with Gasteiger partial charge in [0.2, 0.25) is 5.91 Å². The fourth-order valence-electron chi connectivity index (χ4n) is 3.53. The van der Waals surface area contributed by atoms with E-state index in [1.165, 1.54) is 0 Å². The number of fused-ring (bicyclic) bond motifs is 1. The van der Waals surface area contributed by atoms with Crippen LogP contribution in [0.2, 0.25) is 0 Å². The molecule has 1 aliphatic rings. The van der Waals surface area contributed by atoms with E-state index in [-0.39, 0.29) is 11.9 Å². The van der Waals surface area contributed by atoms with Crippen LogP contribution in [0.1, 0.15) is 36.7 Å². The number of aromatic amines is 1. The first-order chi connectivity index (χ1) is 11.7. The molecule has 1 unspecified atom stereocenters. The largest absolute Gasteiger partial charge is 0.341 e. The van der Waals surface area contributed by atoms with Crippen LogP contribution in [0.25, 0.3) is 11.0 Å². The van der Waals surface area contributed by atoms with E-state index in [1.54, 1.807) is 12.4 Å². The fourth-order valence-corrected chi connectivity index (χ4v) is 3.53. The number of carbonyl (C=O) groups is 1. The third kappa shape index (κ3) is 2.68. The number of pyridine rings is 1. The summed E-state index contributed by atoms with van der Waals surface area (Å²) in [6.07, 6.45) is 6.08. The van der Waals surface area contributed by atoms with Gasteiger partial charge in [-0.1, -0.05) is 0 Å². The molecule has 3 aromatic rings. The molecule has 24 heavy (non-hydrogen) atoms.